The van der Waals surface area contributed by atoms with E-state index in [2.05, 4.69) is 12.2 Å². The molecule has 19 heavy (non-hydrogen) atoms. The van der Waals surface area contributed by atoms with Gasteiger partial charge in [0.25, 0.3) is 0 Å². The highest BCUT2D eigenvalue weighted by Crippen LogP contribution is 2.18. The number of likely N-dealkylation sites (tertiary alicyclic amines) is 1. The lowest BCUT2D eigenvalue weighted by molar-refractivity contribution is -0.141. The fourth-order valence-electron chi connectivity index (χ4n) is 2.34. The number of aliphatic carboxylic acids is 1. The summed E-state index contributed by atoms with van der Waals surface area (Å²) in [6, 6.07) is -1.29. The quantitative estimate of drug-likeness (QED) is 0.633. The Labute approximate surface area is 113 Å². The zero-order chi connectivity index (χ0) is 14.4. The molecule has 6 heteroatoms. The zero-order valence-corrected chi connectivity index (χ0v) is 11.6. The van der Waals surface area contributed by atoms with E-state index in [4.69, 9.17) is 5.11 Å². The number of β-amino-alcohol motifs (C(OH)–C–C–N with tert-alkyl or cyclic N) is 1. The molecule has 3 N–H and O–H groups in total. The first-order valence-electron chi connectivity index (χ1n) is 6.93. The van der Waals surface area contributed by atoms with Crippen molar-refractivity contribution >= 4 is 12.0 Å². The molecule has 1 fully saturated rings. The van der Waals surface area contributed by atoms with E-state index in [0.717, 1.165) is 25.7 Å². The monoisotopic (exact) mass is 272 g/mol. The number of unbranched alkanes of at least 4 members (excludes halogenated alkanes) is 2. The molecule has 1 heterocycles. The molecule has 0 aromatic heterocycles. The van der Waals surface area contributed by atoms with Crippen LogP contribution in [0.2, 0.25) is 0 Å². The summed E-state index contributed by atoms with van der Waals surface area (Å²) in [6.45, 7) is 4.12. The van der Waals surface area contributed by atoms with Crippen LogP contribution in [0.1, 0.15) is 46.0 Å². The minimum atomic E-state index is -1.06. The van der Waals surface area contributed by atoms with Gasteiger partial charge in [0.1, 0.15) is 6.04 Å². The van der Waals surface area contributed by atoms with E-state index in [1.165, 1.54) is 4.90 Å². The number of urea groups is 1. The van der Waals surface area contributed by atoms with Crippen LogP contribution in [-0.4, -0.2) is 51.8 Å². The van der Waals surface area contributed by atoms with Crippen molar-refractivity contribution < 1.29 is 19.8 Å². The minimum Gasteiger partial charge on any atom is -0.480 e. The molecule has 0 aliphatic carbocycles. The molecular formula is C13H24N2O4. The molecule has 0 aromatic carbocycles. The van der Waals surface area contributed by atoms with Gasteiger partial charge in [-0.2, -0.15) is 0 Å². The highest BCUT2D eigenvalue weighted by molar-refractivity contribution is 5.83. The molecule has 0 bridgehead atoms. The Balaban J connectivity index is 2.45. The lowest BCUT2D eigenvalue weighted by Gasteiger charge is -2.24. The van der Waals surface area contributed by atoms with Gasteiger partial charge < -0.3 is 20.4 Å². The topological polar surface area (TPSA) is 89.9 Å². The second-order valence-corrected chi connectivity index (χ2v) is 5.24. The van der Waals surface area contributed by atoms with Gasteiger partial charge in [0, 0.05) is 19.0 Å². The molecule has 1 aliphatic rings. The fourth-order valence-corrected chi connectivity index (χ4v) is 2.34. The third-order valence-corrected chi connectivity index (χ3v) is 3.44. The Morgan fingerprint density at radius 3 is 2.68 bits per heavy atom. The highest BCUT2D eigenvalue weighted by Gasteiger charge is 2.39. The van der Waals surface area contributed by atoms with Gasteiger partial charge in [-0.25, -0.2) is 9.59 Å². The zero-order valence-electron chi connectivity index (χ0n) is 11.6. The Morgan fingerprint density at radius 1 is 1.42 bits per heavy atom. The average molecular weight is 272 g/mol. The lowest BCUT2D eigenvalue weighted by Crippen LogP contribution is -2.48. The van der Waals surface area contributed by atoms with Gasteiger partial charge in [0.05, 0.1) is 6.10 Å². The fraction of sp³-hybridized carbons (Fsp3) is 0.846. The molecule has 0 saturated carbocycles. The number of aliphatic hydroxyl groups is 1. The summed E-state index contributed by atoms with van der Waals surface area (Å²) in [5.74, 6) is -1.06. The summed E-state index contributed by atoms with van der Waals surface area (Å²) in [4.78, 5) is 24.2. The third-order valence-electron chi connectivity index (χ3n) is 3.44. The Morgan fingerprint density at radius 2 is 2.11 bits per heavy atom. The van der Waals surface area contributed by atoms with E-state index in [0.29, 0.717) is 0 Å². The van der Waals surface area contributed by atoms with E-state index in [1.54, 1.807) is 0 Å². The number of carbonyl (C=O) groups is 2. The number of carbonyl (C=O) groups excluding carboxylic acids is 1. The first-order valence-corrected chi connectivity index (χ1v) is 6.93. The smallest absolute Gasteiger partial charge is 0.326 e. The minimum absolute atomic E-state index is 0.0197. The molecule has 2 amide bonds. The maximum Gasteiger partial charge on any atom is 0.326 e. The molecule has 0 radical (unpaired) electrons. The van der Waals surface area contributed by atoms with Crippen molar-refractivity contribution in [3.63, 3.8) is 0 Å². The van der Waals surface area contributed by atoms with E-state index in [9.17, 15) is 14.7 Å². The summed E-state index contributed by atoms with van der Waals surface area (Å²) in [6.07, 6.45) is 3.53. The second kappa shape index (κ2) is 7.33. The van der Waals surface area contributed by atoms with Crippen LogP contribution >= 0.6 is 0 Å². The standard InChI is InChI=1S/C13H24N2O4/c1-3-4-5-6-9(2)14-13(19)15-8-10(16)7-11(15)12(17)18/h9-11,16H,3-8H2,1-2H3,(H,14,19)(H,17,18). The predicted molar refractivity (Wildman–Crippen MR) is 70.9 cm³/mol. The molecule has 110 valence electrons. The summed E-state index contributed by atoms with van der Waals surface area (Å²) in [5.41, 5.74) is 0. The van der Waals surface area contributed by atoms with E-state index >= 15 is 0 Å². The number of hydrogen-bond donors (Lipinski definition) is 3. The van der Waals surface area contributed by atoms with Gasteiger partial charge in [-0.1, -0.05) is 26.2 Å². The first-order chi connectivity index (χ1) is 8.95. The molecule has 6 nitrogen and oxygen atoms in total. The van der Waals surface area contributed by atoms with Gasteiger partial charge in [-0.05, 0) is 13.3 Å². The number of amides is 2. The second-order valence-electron chi connectivity index (χ2n) is 5.24. The van der Waals surface area contributed by atoms with Crippen LogP contribution in [-0.2, 0) is 4.79 Å². The van der Waals surface area contributed by atoms with Crippen LogP contribution in [0.5, 0.6) is 0 Å². The van der Waals surface area contributed by atoms with Crippen LogP contribution in [0.3, 0.4) is 0 Å². The normalized spacial score (nSPS) is 24.3. The number of carboxylic acid groups (broad SMARTS) is 1. The van der Waals surface area contributed by atoms with E-state index in [1.807, 2.05) is 6.92 Å². The van der Waals surface area contributed by atoms with Crippen molar-refractivity contribution in [2.24, 2.45) is 0 Å². The summed E-state index contributed by atoms with van der Waals surface area (Å²) < 4.78 is 0. The molecule has 1 aliphatic heterocycles. The van der Waals surface area contributed by atoms with Gasteiger partial charge >= 0.3 is 12.0 Å². The molecule has 0 spiro atoms. The number of rotatable bonds is 6. The van der Waals surface area contributed by atoms with E-state index < -0.39 is 24.1 Å². The van der Waals surface area contributed by atoms with Crippen molar-refractivity contribution in [3.8, 4) is 0 Å². The van der Waals surface area contributed by atoms with Gasteiger partial charge in [0.2, 0.25) is 0 Å². The number of nitrogens with one attached hydrogen (secondary N) is 1. The van der Waals surface area contributed by atoms with Gasteiger partial charge in [0.15, 0.2) is 0 Å². The Kier molecular flexibility index (Phi) is 6.08. The number of aliphatic hydroxyl groups excluding tert-OH is 1. The van der Waals surface area contributed by atoms with E-state index in [-0.39, 0.29) is 19.0 Å². The third kappa shape index (κ3) is 4.70. The molecule has 0 aromatic rings. The predicted octanol–water partition coefficient (Wildman–Crippen LogP) is 1.18. The molecule has 3 atom stereocenters. The maximum atomic E-state index is 12.0. The largest absolute Gasteiger partial charge is 0.480 e. The van der Waals surface area contributed by atoms with Crippen molar-refractivity contribution in [2.45, 2.75) is 64.1 Å². The molecule has 3 unspecified atom stereocenters. The average Bonchev–Trinajstić information content (AvgIpc) is 2.72. The summed E-state index contributed by atoms with van der Waals surface area (Å²) >= 11 is 0. The van der Waals surface area contributed by atoms with Crippen LogP contribution in [0.25, 0.3) is 0 Å². The maximum absolute atomic E-state index is 12.0. The van der Waals surface area contributed by atoms with Crippen molar-refractivity contribution in [2.75, 3.05) is 6.54 Å². The summed E-state index contributed by atoms with van der Waals surface area (Å²) in [7, 11) is 0. The lowest BCUT2D eigenvalue weighted by atomic mass is 10.1. The Hall–Kier alpha value is -1.30. The summed E-state index contributed by atoms with van der Waals surface area (Å²) in [5, 5.41) is 21.3. The Bertz CT molecular complexity index is 322. The number of nitrogens with zero attached hydrogens (tertiary/aromatic N) is 1. The van der Waals surface area contributed by atoms with Crippen molar-refractivity contribution in [1.29, 1.82) is 0 Å². The van der Waals surface area contributed by atoms with Crippen LogP contribution in [0.15, 0.2) is 0 Å². The molecule has 1 rings (SSSR count). The number of carboxylic acids is 1. The number of hydrogen-bond acceptors (Lipinski definition) is 3. The highest BCUT2D eigenvalue weighted by atomic mass is 16.4. The SMILES string of the molecule is CCCCCC(C)NC(=O)N1CC(O)CC1C(=O)O. The first kappa shape index (κ1) is 15.8. The molecular weight excluding hydrogens is 248 g/mol. The molecule has 1 saturated heterocycles. The van der Waals surface area contributed by atoms with Gasteiger partial charge in [-0.15, -0.1) is 0 Å². The van der Waals surface area contributed by atoms with Gasteiger partial charge in [-0.3, -0.25) is 0 Å². The van der Waals surface area contributed by atoms with Crippen molar-refractivity contribution in [1.82, 2.24) is 10.2 Å². The van der Waals surface area contributed by atoms with Crippen LogP contribution < -0.4 is 5.32 Å². The van der Waals surface area contributed by atoms with Crippen molar-refractivity contribution in [3.05, 3.63) is 0 Å². The van der Waals surface area contributed by atoms with Crippen LogP contribution in [0.4, 0.5) is 4.79 Å². The van der Waals surface area contributed by atoms with Crippen LogP contribution in [0, 0.1) is 0 Å².